The van der Waals surface area contributed by atoms with E-state index in [1.54, 1.807) is 25.6 Å². The van der Waals surface area contributed by atoms with Crippen molar-refractivity contribution in [3.8, 4) is 11.5 Å². The Morgan fingerprint density at radius 2 is 2.05 bits per heavy atom. The highest BCUT2D eigenvalue weighted by Crippen LogP contribution is 2.31. The van der Waals surface area contributed by atoms with Crippen LogP contribution in [0.3, 0.4) is 0 Å². The molecule has 0 aliphatic rings. The number of hydrogen-bond donors (Lipinski definition) is 1. The Kier molecular flexibility index (Phi) is 5.20. The van der Waals surface area contributed by atoms with Gasteiger partial charge in [-0.3, -0.25) is 4.98 Å². The average Bonchev–Trinajstić information content (AvgIpc) is 2.96. The summed E-state index contributed by atoms with van der Waals surface area (Å²) in [5.41, 5.74) is 3.24. The van der Waals surface area contributed by atoms with Crippen LogP contribution in [0.5, 0.6) is 11.5 Å². The van der Waals surface area contributed by atoms with E-state index < -0.39 is 0 Å². The lowest BCUT2D eigenvalue weighted by molar-refractivity contribution is 0.406. The number of ether oxygens (including phenoxy) is 2. The molecule has 2 aromatic heterocycles. The molecule has 0 aromatic carbocycles. The van der Waals surface area contributed by atoms with Crippen LogP contribution in [0.25, 0.3) is 0 Å². The molecule has 1 atom stereocenters. The maximum absolute atomic E-state index is 5.48. The molecule has 2 rings (SSSR count). The van der Waals surface area contributed by atoms with Gasteiger partial charge in [0.05, 0.1) is 14.2 Å². The summed E-state index contributed by atoms with van der Waals surface area (Å²) in [5, 5.41) is 5.38. The maximum atomic E-state index is 5.48. The topological polar surface area (TPSA) is 43.4 Å². The number of methoxy groups -OCH3 is 2. The highest BCUT2D eigenvalue weighted by molar-refractivity contribution is 7.10. The second-order valence-electron chi connectivity index (χ2n) is 4.98. The van der Waals surface area contributed by atoms with E-state index in [2.05, 4.69) is 23.3 Å². The van der Waals surface area contributed by atoms with E-state index in [0.29, 0.717) is 0 Å². The lowest BCUT2D eigenvalue weighted by Gasteiger charge is -2.17. The van der Waals surface area contributed by atoms with E-state index in [0.717, 1.165) is 34.7 Å². The monoisotopic (exact) mass is 306 g/mol. The molecule has 0 spiro atoms. The number of pyridine rings is 1. The van der Waals surface area contributed by atoms with E-state index in [1.165, 1.54) is 4.88 Å². The van der Waals surface area contributed by atoms with Crippen molar-refractivity contribution in [1.29, 1.82) is 0 Å². The van der Waals surface area contributed by atoms with Crippen LogP contribution in [0.15, 0.2) is 17.6 Å². The SMILES string of the molecule is CNC(Cc1ncc(C)c(OC)c1C)c1cc(OC)cs1. The van der Waals surface area contributed by atoms with Gasteiger partial charge in [0.25, 0.3) is 0 Å². The molecule has 4 nitrogen and oxygen atoms in total. The summed E-state index contributed by atoms with van der Waals surface area (Å²) < 4.78 is 10.7. The predicted molar refractivity (Wildman–Crippen MR) is 86.6 cm³/mol. The van der Waals surface area contributed by atoms with Crippen molar-refractivity contribution in [3.63, 3.8) is 0 Å². The summed E-state index contributed by atoms with van der Waals surface area (Å²) in [6.07, 6.45) is 2.70. The smallest absolute Gasteiger partial charge is 0.129 e. The fourth-order valence-electron chi connectivity index (χ4n) is 2.44. The zero-order chi connectivity index (χ0) is 15.4. The summed E-state index contributed by atoms with van der Waals surface area (Å²) in [7, 11) is 5.37. The van der Waals surface area contributed by atoms with Crippen LogP contribution in [0, 0.1) is 13.8 Å². The van der Waals surface area contributed by atoms with Gasteiger partial charge in [0, 0.05) is 45.7 Å². The largest absolute Gasteiger partial charge is 0.496 e. The van der Waals surface area contributed by atoms with Crippen LogP contribution in [0.1, 0.15) is 27.7 Å². The number of hydrogen-bond acceptors (Lipinski definition) is 5. The zero-order valence-electron chi connectivity index (χ0n) is 13.2. The highest BCUT2D eigenvalue weighted by Gasteiger charge is 2.17. The molecule has 0 radical (unpaired) electrons. The Morgan fingerprint density at radius 1 is 1.29 bits per heavy atom. The van der Waals surface area contributed by atoms with Crippen LogP contribution < -0.4 is 14.8 Å². The molecule has 5 heteroatoms. The lowest BCUT2D eigenvalue weighted by atomic mass is 10.0. The van der Waals surface area contributed by atoms with Crippen molar-refractivity contribution in [3.05, 3.63) is 39.3 Å². The Hall–Kier alpha value is -1.59. The van der Waals surface area contributed by atoms with Gasteiger partial charge in [-0.2, -0.15) is 0 Å². The number of likely N-dealkylation sites (N-methyl/N-ethyl adjacent to an activating group) is 1. The summed E-state index contributed by atoms with van der Waals surface area (Å²) in [6, 6.07) is 2.30. The summed E-state index contributed by atoms with van der Waals surface area (Å²) >= 11 is 1.70. The van der Waals surface area contributed by atoms with Gasteiger partial charge in [-0.15, -0.1) is 11.3 Å². The normalized spacial score (nSPS) is 12.2. The number of aryl methyl sites for hydroxylation is 1. The molecule has 0 aliphatic carbocycles. The summed E-state index contributed by atoms with van der Waals surface area (Å²) in [4.78, 5) is 5.83. The minimum absolute atomic E-state index is 0.220. The van der Waals surface area contributed by atoms with Gasteiger partial charge in [0.15, 0.2) is 0 Å². The van der Waals surface area contributed by atoms with E-state index in [-0.39, 0.29) is 6.04 Å². The minimum Gasteiger partial charge on any atom is -0.496 e. The first-order valence-electron chi connectivity index (χ1n) is 6.89. The van der Waals surface area contributed by atoms with Crippen LogP contribution in [0.2, 0.25) is 0 Å². The molecule has 1 unspecified atom stereocenters. The fourth-order valence-corrected chi connectivity index (χ4v) is 3.41. The van der Waals surface area contributed by atoms with Crippen LogP contribution in [-0.4, -0.2) is 26.3 Å². The van der Waals surface area contributed by atoms with Gasteiger partial charge < -0.3 is 14.8 Å². The van der Waals surface area contributed by atoms with Gasteiger partial charge >= 0.3 is 0 Å². The fraction of sp³-hybridized carbons (Fsp3) is 0.438. The molecule has 0 aliphatic heterocycles. The Morgan fingerprint density at radius 3 is 2.62 bits per heavy atom. The molecule has 1 N–H and O–H groups in total. The number of rotatable bonds is 6. The second kappa shape index (κ2) is 6.91. The van der Waals surface area contributed by atoms with Crippen molar-refractivity contribution < 1.29 is 9.47 Å². The van der Waals surface area contributed by atoms with E-state index in [9.17, 15) is 0 Å². The summed E-state index contributed by atoms with van der Waals surface area (Å²) in [5.74, 6) is 1.83. The molecule has 2 aromatic rings. The van der Waals surface area contributed by atoms with Gasteiger partial charge in [-0.1, -0.05) is 0 Å². The third kappa shape index (κ3) is 3.36. The van der Waals surface area contributed by atoms with E-state index in [4.69, 9.17) is 9.47 Å². The molecule has 0 saturated carbocycles. The molecule has 0 amide bonds. The van der Waals surface area contributed by atoms with Crippen molar-refractivity contribution in [1.82, 2.24) is 10.3 Å². The highest BCUT2D eigenvalue weighted by atomic mass is 32.1. The lowest BCUT2D eigenvalue weighted by Crippen LogP contribution is -2.19. The Labute approximate surface area is 130 Å². The Balaban J connectivity index is 2.26. The predicted octanol–water partition coefficient (Wildman–Crippen LogP) is 3.28. The molecule has 0 saturated heterocycles. The molecule has 0 bridgehead atoms. The van der Waals surface area contributed by atoms with Gasteiger partial charge in [0.2, 0.25) is 0 Å². The van der Waals surface area contributed by atoms with Crippen molar-refractivity contribution >= 4 is 11.3 Å². The molecular weight excluding hydrogens is 284 g/mol. The van der Waals surface area contributed by atoms with Crippen molar-refractivity contribution in [2.45, 2.75) is 26.3 Å². The first kappa shape index (κ1) is 15.8. The van der Waals surface area contributed by atoms with Crippen molar-refractivity contribution in [2.75, 3.05) is 21.3 Å². The van der Waals surface area contributed by atoms with Gasteiger partial charge in [-0.25, -0.2) is 0 Å². The van der Waals surface area contributed by atoms with Gasteiger partial charge in [0.1, 0.15) is 11.5 Å². The first-order valence-corrected chi connectivity index (χ1v) is 7.77. The molecule has 0 fully saturated rings. The number of nitrogens with zero attached hydrogens (tertiary/aromatic N) is 1. The molecule has 21 heavy (non-hydrogen) atoms. The number of thiophene rings is 1. The average molecular weight is 306 g/mol. The van der Waals surface area contributed by atoms with Crippen LogP contribution >= 0.6 is 11.3 Å². The van der Waals surface area contributed by atoms with E-state index in [1.807, 2.05) is 25.5 Å². The van der Waals surface area contributed by atoms with Crippen LogP contribution in [-0.2, 0) is 6.42 Å². The van der Waals surface area contributed by atoms with Crippen LogP contribution in [0.4, 0.5) is 0 Å². The van der Waals surface area contributed by atoms with Gasteiger partial charge in [-0.05, 0) is 27.0 Å². The molecular formula is C16H22N2O2S. The van der Waals surface area contributed by atoms with E-state index >= 15 is 0 Å². The second-order valence-corrected chi connectivity index (χ2v) is 5.92. The standard InChI is InChI=1S/C16H22N2O2S/c1-10-8-18-13(11(2)16(10)20-5)7-14(17-3)15-6-12(19-4)9-21-15/h6,8-9,14,17H,7H2,1-5H3. The maximum Gasteiger partial charge on any atom is 0.129 e. The molecule has 2 heterocycles. The first-order chi connectivity index (χ1) is 10.1. The third-order valence-corrected chi connectivity index (χ3v) is 4.70. The molecule has 114 valence electrons. The third-order valence-electron chi connectivity index (χ3n) is 3.67. The number of nitrogens with one attached hydrogen (secondary N) is 1. The quantitative estimate of drug-likeness (QED) is 0.889. The number of aromatic nitrogens is 1. The van der Waals surface area contributed by atoms with Crippen molar-refractivity contribution in [2.24, 2.45) is 0 Å². The summed E-state index contributed by atoms with van der Waals surface area (Å²) in [6.45, 7) is 4.08. The zero-order valence-corrected chi connectivity index (χ0v) is 14.0. The Bertz CT molecular complexity index is 610. The minimum atomic E-state index is 0.220.